The quantitative estimate of drug-likeness (QED) is 0.365. The molecule has 2 atom stereocenters. The molecule has 9 heteroatoms. The largest absolute Gasteiger partial charge is 0.383 e. The molecular weight excluding hydrogens is 496 g/mol. The van der Waals surface area contributed by atoms with Crippen LogP contribution in [0.2, 0.25) is 0 Å². The van der Waals surface area contributed by atoms with Crippen molar-refractivity contribution < 1.29 is 9.53 Å². The fourth-order valence-electron chi connectivity index (χ4n) is 4.86. The predicted molar refractivity (Wildman–Crippen MR) is 134 cm³/mol. The number of nitrogens with zero attached hydrogens (tertiary/aromatic N) is 5. The first kappa shape index (κ1) is 22.9. The molecule has 1 aromatic carbocycles. The molecule has 0 bridgehead atoms. The molecule has 3 aromatic heterocycles. The highest BCUT2D eigenvalue weighted by atomic mass is 79.9. The van der Waals surface area contributed by atoms with Gasteiger partial charge < -0.3 is 10.1 Å². The van der Waals surface area contributed by atoms with E-state index in [0.29, 0.717) is 23.7 Å². The number of carbonyl (C=O) groups excluding carboxylic acids is 1. The number of fused-ring (bicyclic) bond motifs is 2. The number of pyridine rings is 1. The van der Waals surface area contributed by atoms with Gasteiger partial charge in [-0.1, -0.05) is 13.0 Å². The van der Waals surface area contributed by atoms with Gasteiger partial charge in [-0.25, -0.2) is 14.6 Å². The fourth-order valence-corrected chi connectivity index (χ4v) is 5.30. The molecule has 0 aliphatic heterocycles. The molecule has 1 aliphatic carbocycles. The minimum absolute atomic E-state index is 0.108. The number of carbonyl (C=O) groups is 1. The summed E-state index contributed by atoms with van der Waals surface area (Å²) in [5, 5.41) is 9.58. The second-order valence-electron chi connectivity index (χ2n) is 9.23. The van der Waals surface area contributed by atoms with Gasteiger partial charge in [0.25, 0.3) is 0 Å². The minimum atomic E-state index is -0.355. The number of rotatable bonds is 7. The number of halogens is 1. The zero-order valence-electron chi connectivity index (χ0n) is 19.3. The Morgan fingerprint density at radius 3 is 3.06 bits per heavy atom. The Morgan fingerprint density at radius 2 is 2.21 bits per heavy atom. The van der Waals surface area contributed by atoms with Gasteiger partial charge in [-0.3, -0.25) is 9.78 Å². The monoisotopic (exact) mass is 522 g/mol. The van der Waals surface area contributed by atoms with Crippen molar-refractivity contribution in [1.29, 1.82) is 0 Å². The van der Waals surface area contributed by atoms with Crippen LogP contribution in [0.25, 0.3) is 27.6 Å². The Morgan fingerprint density at radius 1 is 1.32 bits per heavy atom. The maximum Gasteiger partial charge on any atom is 0.226 e. The maximum absolute atomic E-state index is 12.7. The van der Waals surface area contributed by atoms with Gasteiger partial charge in [0.2, 0.25) is 5.91 Å². The van der Waals surface area contributed by atoms with Crippen LogP contribution >= 0.6 is 15.9 Å². The first-order chi connectivity index (χ1) is 16.5. The van der Waals surface area contributed by atoms with E-state index >= 15 is 0 Å². The van der Waals surface area contributed by atoms with Crippen molar-refractivity contribution >= 4 is 43.8 Å². The summed E-state index contributed by atoms with van der Waals surface area (Å²) in [5.74, 6) is 1.25. The van der Waals surface area contributed by atoms with Crippen LogP contribution in [0.15, 0.2) is 47.3 Å². The average molecular weight is 523 g/mol. The SMILES string of the molecule is COCCNC(=O)[C@@]1(C)CC[C@@H](Cc2ncc3c(Br)nn(-c4ccc5ncccc5c4)c3n2)C1. The summed E-state index contributed by atoms with van der Waals surface area (Å²) < 4.78 is 7.60. The van der Waals surface area contributed by atoms with Crippen molar-refractivity contribution in [2.24, 2.45) is 11.3 Å². The van der Waals surface area contributed by atoms with Crippen molar-refractivity contribution in [3.8, 4) is 5.69 Å². The molecule has 1 aliphatic rings. The van der Waals surface area contributed by atoms with Gasteiger partial charge in [0.15, 0.2) is 5.65 Å². The first-order valence-corrected chi connectivity index (χ1v) is 12.3. The molecule has 1 saturated carbocycles. The van der Waals surface area contributed by atoms with E-state index in [1.807, 2.05) is 35.1 Å². The number of hydrogen-bond donors (Lipinski definition) is 1. The van der Waals surface area contributed by atoms with Crippen molar-refractivity contribution in [1.82, 2.24) is 30.0 Å². The van der Waals surface area contributed by atoms with Crippen LogP contribution in [0.5, 0.6) is 0 Å². The van der Waals surface area contributed by atoms with Gasteiger partial charge in [-0.2, -0.15) is 5.10 Å². The van der Waals surface area contributed by atoms with Crippen LogP contribution in [0.3, 0.4) is 0 Å². The van der Waals surface area contributed by atoms with Gasteiger partial charge in [0.1, 0.15) is 10.4 Å². The summed E-state index contributed by atoms with van der Waals surface area (Å²) in [6, 6.07) is 10.0. The Hall–Kier alpha value is -2.91. The molecule has 0 spiro atoms. The summed E-state index contributed by atoms with van der Waals surface area (Å²) in [4.78, 5) is 26.6. The molecular formula is C25H27BrN6O2. The molecule has 1 fully saturated rings. The van der Waals surface area contributed by atoms with Gasteiger partial charge in [0.05, 0.1) is 23.2 Å². The second-order valence-corrected chi connectivity index (χ2v) is 9.98. The van der Waals surface area contributed by atoms with Crippen molar-refractivity contribution in [2.75, 3.05) is 20.3 Å². The lowest BCUT2D eigenvalue weighted by Crippen LogP contribution is -2.39. The lowest BCUT2D eigenvalue weighted by molar-refractivity contribution is -0.130. The number of ether oxygens (including phenoxy) is 1. The van der Waals surface area contributed by atoms with E-state index in [4.69, 9.17) is 9.72 Å². The first-order valence-electron chi connectivity index (χ1n) is 11.5. The minimum Gasteiger partial charge on any atom is -0.383 e. The van der Waals surface area contributed by atoms with E-state index in [0.717, 1.165) is 59.1 Å². The molecule has 5 rings (SSSR count). The van der Waals surface area contributed by atoms with Gasteiger partial charge in [-0.15, -0.1) is 0 Å². The number of benzene rings is 1. The Bertz CT molecular complexity index is 1360. The zero-order valence-corrected chi connectivity index (χ0v) is 20.9. The van der Waals surface area contributed by atoms with E-state index in [-0.39, 0.29) is 11.3 Å². The molecule has 3 heterocycles. The van der Waals surface area contributed by atoms with Crippen LogP contribution in [-0.2, 0) is 16.0 Å². The van der Waals surface area contributed by atoms with Crippen LogP contribution in [0.4, 0.5) is 0 Å². The lowest BCUT2D eigenvalue weighted by Gasteiger charge is -2.23. The molecule has 34 heavy (non-hydrogen) atoms. The van der Waals surface area contributed by atoms with E-state index in [2.05, 4.69) is 49.3 Å². The molecule has 0 radical (unpaired) electrons. The van der Waals surface area contributed by atoms with Crippen LogP contribution < -0.4 is 5.32 Å². The molecule has 1 N–H and O–H groups in total. The van der Waals surface area contributed by atoms with Gasteiger partial charge in [0, 0.05) is 43.3 Å². The van der Waals surface area contributed by atoms with E-state index in [9.17, 15) is 4.79 Å². The third-order valence-corrected chi connectivity index (χ3v) is 7.30. The molecule has 0 unspecified atom stereocenters. The maximum atomic E-state index is 12.7. The number of methoxy groups -OCH3 is 1. The highest BCUT2D eigenvalue weighted by Gasteiger charge is 2.41. The molecule has 1 amide bonds. The standard InChI is InChI=1S/C25H27BrN6O2/c1-25(24(33)28-10-11-34-2)8-7-16(14-25)12-21-29-15-19-22(26)31-32(23(19)30-21)18-5-6-20-17(13-18)4-3-9-27-20/h3-6,9,13,15-16H,7-8,10-12,14H2,1-2H3,(H,28,33)/t16-,25-/m0/s1. The summed E-state index contributed by atoms with van der Waals surface area (Å²) in [7, 11) is 1.64. The number of amides is 1. The number of aromatic nitrogens is 5. The zero-order chi connectivity index (χ0) is 23.7. The van der Waals surface area contributed by atoms with E-state index < -0.39 is 0 Å². The van der Waals surface area contributed by atoms with Crippen LogP contribution in [0.1, 0.15) is 32.0 Å². The average Bonchev–Trinajstić information content (AvgIpc) is 3.39. The van der Waals surface area contributed by atoms with Crippen molar-refractivity contribution in [2.45, 2.75) is 32.6 Å². The molecule has 4 aromatic rings. The Labute approximate surface area is 206 Å². The van der Waals surface area contributed by atoms with Crippen molar-refractivity contribution in [3.63, 3.8) is 0 Å². The third-order valence-electron chi connectivity index (χ3n) is 6.72. The molecule has 176 valence electrons. The van der Waals surface area contributed by atoms with E-state index in [1.165, 1.54) is 0 Å². The predicted octanol–water partition coefficient (Wildman–Crippen LogP) is 4.24. The topological polar surface area (TPSA) is 94.8 Å². The van der Waals surface area contributed by atoms with Gasteiger partial charge >= 0.3 is 0 Å². The van der Waals surface area contributed by atoms with E-state index in [1.54, 1.807) is 13.3 Å². The summed E-state index contributed by atoms with van der Waals surface area (Å²) in [6.45, 7) is 3.12. The highest BCUT2D eigenvalue weighted by Crippen LogP contribution is 2.43. The molecule has 8 nitrogen and oxygen atoms in total. The smallest absolute Gasteiger partial charge is 0.226 e. The highest BCUT2D eigenvalue weighted by molar-refractivity contribution is 9.10. The summed E-state index contributed by atoms with van der Waals surface area (Å²) >= 11 is 3.56. The van der Waals surface area contributed by atoms with Crippen molar-refractivity contribution in [3.05, 3.63) is 53.2 Å². The fraction of sp³-hybridized carbons (Fsp3) is 0.400. The number of hydrogen-bond acceptors (Lipinski definition) is 6. The normalized spacial score (nSPS) is 20.3. The summed E-state index contributed by atoms with van der Waals surface area (Å²) in [5.41, 5.74) is 2.26. The second kappa shape index (κ2) is 9.38. The van der Waals surface area contributed by atoms with Gasteiger partial charge in [-0.05, 0) is 65.4 Å². The Balaban J connectivity index is 1.38. The van der Waals surface area contributed by atoms with Crippen LogP contribution in [-0.4, -0.2) is 50.9 Å². The third kappa shape index (κ3) is 4.42. The Kier molecular flexibility index (Phi) is 6.31. The summed E-state index contributed by atoms with van der Waals surface area (Å²) in [6.07, 6.45) is 7.04. The molecule has 0 saturated heterocycles. The van der Waals surface area contributed by atoms with Crippen LogP contribution in [0, 0.1) is 11.3 Å². The number of nitrogens with one attached hydrogen (secondary N) is 1. The lowest BCUT2D eigenvalue weighted by atomic mass is 9.86.